The lowest BCUT2D eigenvalue weighted by molar-refractivity contribution is -0.385. The predicted molar refractivity (Wildman–Crippen MR) is 84.3 cm³/mol. The van der Waals surface area contributed by atoms with Crippen LogP contribution in [-0.2, 0) is 6.54 Å². The normalized spacial score (nSPS) is 9.95. The van der Waals surface area contributed by atoms with Crippen molar-refractivity contribution in [2.45, 2.75) is 6.54 Å². The van der Waals surface area contributed by atoms with Gasteiger partial charge in [-0.2, -0.15) is 5.26 Å². The Morgan fingerprint density at radius 1 is 1.33 bits per heavy atom. The molecular formula is C14H9BrClN3O2. The summed E-state index contributed by atoms with van der Waals surface area (Å²) in [6, 6.07) is 11.6. The molecule has 2 aromatic rings. The average Bonchev–Trinajstić information content (AvgIpc) is 2.45. The number of nitro groups is 1. The highest BCUT2D eigenvalue weighted by Crippen LogP contribution is 2.25. The van der Waals surface area contributed by atoms with Crippen LogP contribution in [0.4, 0.5) is 11.4 Å². The van der Waals surface area contributed by atoms with Gasteiger partial charge < -0.3 is 5.32 Å². The van der Waals surface area contributed by atoms with Crippen LogP contribution in [0.3, 0.4) is 0 Å². The van der Waals surface area contributed by atoms with Gasteiger partial charge in [0, 0.05) is 22.1 Å². The van der Waals surface area contributed by atoms with E-state index in [9.17, 15) is 10.1 Å². The van der Waals surface area contributed by atoms with E-state index >= 15 is 0 Å². The van der Waals surface area contributed by atoms with Crippen molar-refractivity contribution >= 4 is 38.9 Å². The van der Waals surface area contributed by atoms with Gasteiger partial charge in [0.2, 0.25) is 0 Å². The highest BCUT2D eigenvalue weighted by molar-refractivity contribution is 9.10. The molecule has 0 atom stereocenters. The maximum Gasteiger partial charge on any atom is 0.274 e. The minimum absolute atomic E-state index is 0.0116. The minimum Gasteiger partial charge on any atom is -0.380 e. The van der Waals surface area contributed by atoms with Crippen LogP contribution in [0.15, 0.2) is 40.9 Å². The molecule has 0 saturated carbocycles. The summed E-state index contributed by atoms with van der Waals surface area (Å²) < 4.78 is 0.790. The number of hydrogen-bond acceptors (Lipinski definition) is 4. The molecule has 0 aliphatic heterocycles. The largest absolute Gasteiger partial charge is 0.380 e. The first-order valence-electron chi connectivity index (χ1n) is 5.87. The van der Waals surface area contributed by atoms with E-state index in [-0.39, 0.29) is 12.2 Å². The molecule has 0 heterocycles. The van der Waals surface area contributed by atoms with Crippen LogP contribution in [0.5, 0.6) is 0 Å². The van der Waals surface area contributed by atoms with Crippen molar-refractivity contribution in [3.63, 3.8) is 0 Å². The minimum atomic E-state index is -0.458. The van der Waals surface area contributed by atoms with Crippen molar-refractivity contribution in [1.82, 2.24) is 0 Å². The summed E-state index contributed by atoms with van der Waals surface area (Å²) in [5, 5.41) is 23.5. The van der Waals surface area contributed by atoms with Gasteiger partial charge in [-0.3, -0.25) is 10.1 Å². The third-order valence-corrected chi connectivity index (χ3v) is 3.54. The van der Waals surface area contributed by atoms with Crippen molar-refractivity contribution in [3.8, 4) is 6.07 Å². The molecule has 5 nitrogen and oxygen atoms in total. The summed E-state index contributed by atoms with van der Waals surface area (Å²) in [4.78, 5) is 10.5. The third kappa shape index (κ3) is 3.72. The van der Waals surface area contributed by atoms with Crippen LogP contribution < -0.4 is 5.32 Å². The van der Waals surface area contributed by atoms with Crippen molar-refractivity contribution in [2.24, 2.45) is 0 Å². The lowest BCUT2D eigenvalue weighted by Gasteiger charge is -2.09. The number of rotatable bonds is 4. The SMILES string of the molecule is N#Cc1cc(Br)ccc1NCc1cc(Cl)ccc1[N+](=O)[O-]. The van der Waals surface area contributed by atoms with Crippen LogP contribution in [0, 0.1) is 21.4 Å². The van der Waals surface area contributed by atoms with Crippen LogP contribution in [-0.4, -0.2) is 4.92 Å². The molecule has 0 amide bonds. The Bertz CT molecular complexity index is 743. The van der Waals surface area contributed by atoms with Gasteiger partial charge in [0.1, 0.15) is 6.07 Å². The maximum absolute atomic E-state index is 11.0. The Morgan fingerprint density at radius 2 is 2.10 bits per heavy atom. The van der Waals surface area contributed by atoms with Crippen molar-refractivity contribution in [2.75, 3.05) is 5.32 Å². The zero-order valence-corrected chi connectivity index (χ0v) is 13.0. The average molecular weight is 367 g/mol. The third-order valence-electron chi connectivity index (χ3n) is 2.81. The van der Waals surface area contributed by atoms with E-state index in [1.54, 1.807) is 18.2 Å². The zero-order valence-electron chi connectivity index (χ0n) is 10.6. The standard InChI is InChI=1S/C14H9BrClN3O2/c15-11-1-3-13(9(5-11)7-17)18-8-10-6-12(16)2-4-14(10)19(20)21/h1-6,18H,8H2. The monoisotopic (exact) mass is 365 g/mol. The van der Waals surface area contributed by atoms with Crippen LogP contribution in [0.1, 0.15) is 11.1 Å². The van der Waals surface area contributed by atoms with Gasteiger partial charge in [-0.1, -0.05) is 27.5 Å². The molecule has 106 valence electrons. The molecule has 2 aromatic carbocycles. The maximum atomic E-state index is 11.0. The molecule has 0 saturated heterocycles. The van der Waals surface area contributed by atoms with E-state index < -0.39 is 4.92 Å². The molecule has 21 heavy (non-hydrogen) atoms. The number of benzene rings is 2. The molecule has 0 aromatic heterocycles. The Balaban J connectivity index is 2.27. The number of halogens is 2. The molecule has 0 aliphatic carbocycles. The fraction of sp³-hybridized carbons (Fsp3) is 0.0714. The first-order valence-corrected chi connectivity index (χ1v) is 7.04. The quantitative estimate of drug-likeness (QED) is 0.638. The smallest absolute Gasteiger partial charge is 0.274 e. The lowest BCUT2D eigenvalue weighted by atomic mass is 10.1. The van der Waals surface area contributed by atoms with Gasteiger partial charge in [-0.05, 0) is 30.3 Å². The molecule has 0 bridgehead atoms. The van der Waals surface area contributed by atoms with Crippen LogP contribution >= 0.6 is 27.5 Å². The van der Waals surface area contributed by atoms with E-state index in [0.717, 1.165) is 4.47 Å². The molecular weight excluding hydrogens is 358 g/mol. The van der Waals surface area contributed by atoms with Crippen molar-refractivity contribution < 1.29 is 4.92 Å². The summed E-state index contributed by atoms with van der Waals surface area (Å²) in [5.41, 5.74) is 1.51. The van der Waals surface area contributed by atoms with Crippen molar-refractivity contribution in [1.29, 1.82) is 5.26 Å². The molecule has 2 rings (SSSR count). The molecule has 0 spiro atoms. The summed E-state index contributed by atoms with van der Waals surface area (Å²) in [5.74, 6) is 0. The number of anilines is 1. The summed E-state index contributed by atoms with van der Waals surface area (Å²) in [7, 11) is 0. The molecule has 0 unspecified atom stereocenters. The summed E-state index contributed by atoms with van der Waals surface area (Å²) in [6.45, 7) is 0.202. The Labute approximate surface area is 134 Å². The number of nitro benzene ring substituents is 1. The van der Waals surface area contributed by atoms with Crippen LogP contribution in [0.2, 0.25) is 5.02 Å². The van der Waals surface area contributed by atoms with Gasteiger partial charge in [0.15, 0.2) is 0 Å². The summed E-state index contributed by atoms with van der Waals surface area (Å²) in [6.07, 6.45) is 0. The van der Waals surface area contributed by atoms with Gasteiger partial charge in [0.25, 0.3) is 5.69 Å². The second kappa shape index (κ2) is 6.57. The zero-order chi connectivity index (χ0) is 15.4. The van der Waals surface area contributed by atoms with Gasteiger partial charge in [0.05, 0.1) is 21.7 Å². The Morgan fingerprint density at radius 3 is 2.76 bits per heavy atom. The fourth-order valence-electron chi connectivity index (χ4n) is 1.83. The molecule has 0 radical (unpaired) electrons. The van der Waals surface area contributed by atoms with Gasteiger partial charge in [-0.25, -0.2) is 0 Å². The Hall–Kier alpha value is -2.10. The lowest BCUT2D eigenvalue weighted by Crippen LogP contribution is -2.04. The first-order chi connectivity index (χ1) is 10.0. The number of nitrogens with zero attached hydrogens (tertiary/aromatic N) is 2. The predicted octanol–water partition coefficient (Wildman–Crippen LogP) is 4.49. The molecule has 1 N–H and O–H groups in total. The van der Waals surface area contributed by atoms with E-state index in [1.807, 2.05) is 0 Å². The van der Waals surface area contributed by atoms with Crippen LogP contribution in [0.25, 0.3) is 0 Å². The van der Waals surface area contributed by atoms with E-state index in [2.05, 4.69) is 27.3 Å². The van der Waals surface area contributed by atoms with Gasteiger partial charge >= 0.3 is 0 Å². The fourth-order valence-corrected chi connectivity index (χ4v) is 2.38. The highest BCUT2D eigenvalue weighted by atomic mass is 79.9. The molecule has 7 heteroatoms. The van der Waals surface area contributed by atoms with E-state index in [1.165, 1.54) is 18.2 Å². The second-order valence-corrected chi connectivity index (χ2v) is 5.54. The van der Waals surface area contributed by atoms with E-state index in [0.29, 0.717) is 21.8 Å². The second-order valence-electron chi connectivity index (χ2n) is 4.19. The summed E-state index contributed by atoms with van der Waals surface area (Å²) >= 11 is 9.16. The highest BCUT2D eigenvalue weighted by Gasteiger charge is 2.14. The number of nitriles is 1. The first kappa shape index (κ1) is 15.3. The van der Waals surface area contributed by atoms with Crippen molar-refractivity contribution in [3.05, 3.63) is 67.1 Å². The Kier molecular flexibility index (Phi) is 4.78. The molecule has 0 aliphatic rings. The number of nitrogens with one attached hydrogen (secondary N) is 1. The number of hydrogen-bond donors (Lipinski definition) is 1. The topological polar surface area (TPSA) is 79.0 Å². The molecule has 0 fully saturated rings. The van der Waals surface area contributed by atoms with Gasteiger partial charge in [-0.15, -0.1) is 0 Å². The van der Waals surface area contributed by atoms with E-state index in [4.69, 9.17) is 16.9 Å².